The van der Waals surface area contributed by atoms with Crippen LogP contribution in [0.4, 0.5) is 0 Å². The van der Waals surface area contributed by atoms with Crippen molar-refractivity contribution < 1.29 is 14.3 Å². The third kappa shape index (κ3) is 3.81. The molecule has 0 N–H and O–H groups in total. The van der Waals surface area contributed by atoms with Crippen molar-refractivity contribution in [2.24, 2.45) is 0 Å². The van der Waals surface area contributed by atoms with Gasteiger partial charge < -0.3 is 9.47 Å². The van der Waals surface area contributed by atoms with E-state index in [0.717, 1.165) is 24.0 Å². The minimum atomic E-state index is -0.313. The lowest BCUT2D eigenvalue weighted by molar-refractivity contribution is -0.218. The first-order valence-corrected chi connectivity index (χ1v) is 7.73. The highest BCUT2D eigenvalue weighted by molar-refractivity contribution is 5.95. The van der Waals surface area contributed by atoms with Gasteiger partial charge in [-0.05, 0) is 12.8 Å². The highest BCUT2D eigenvalue weighted by atomic mass is 16.7. The summed E-state index contributed by atoms with van der Waals surface area (Å²) >= 11 is 0. The van der Waals surface area contributed by atoms with E-state index >= 15 is 0 Å². The SMILES string of the molecule is O=C(CCC1CCOC(c2ccccc2)O1)c1ccccc1. The van der Waals surface area contributed by atoms with Gasteiger partial charge in [0.2, 0.25) is 0 Å². The van der Waals surface area contributed by atoms with Crippen molar-refractivity contribution in [1.29, 1.82) is 0 Å². The lowest BCUT2D eigenvalue weighted by Gasteiger charge is -2.30. The molecule has 0 aliphatic carbocycles. The molecule has 2 unspecified atom stereocenters. The molecular weight excluding hydrogens is 276 g/mol. The van der Waals surface area contributed by atoms with Crippen molar-refractivity contribution in [3.05, 3.63) is 71.8 Å². The molecule has 2 aromatic rings. The summed E-state index contributed by atoms with van der Waals surface area (Å²) in [4.78, 5) is 12.2. The minimum absolute atomic E-state index is 0.0756. The smallest absolute Gasteiger partial charge is 0.184 e. The summed E-state index contributed by atoms with van der Waals surface area (Å²) in [5.74, 6) is 0.173. The molecule has 0 bridgehead atoms. The lowest BCUT2D eigenvalue weighted by atomic mass is 10.0. The zero-order valence-electron chi connectivity index (χ0n) is 12.5. The van der Waals surface area contributed by atoms with Gasteiger partial charge >= 0.3 is 0 Å². The van der Waals surface area contributed by atoms with Gasteiger partial charge in [0.15, 0.2) is 12.1 Å². The molecule has 22 heavy (non-hydrogen) atoms. The Morgan fingerprint density at radius 2 is 1.68 bits per heavy atom. The van der Waals surface area contributed by atoms with Gasteiger partial charge in [0.05, 0.1) is 12.7 Å². The first-order valence-electron chi connectivity index (χ1n) is 7.73. The number of ether oxygens (including phenoxy) is 2. The molecule has 0 saturated carbocycles. The van der Waals surface area contributed by atoms with E-state index in [1.807, 2.05) is 60.7 Å². The van der Waals surface area contributed by atoms with Crippen molar-refractivity contribution in [1.82, 2.24) is 0 Å². The molecule has 0 radical (unpaired) electrons. The molecule has 114 valence electrons. The molecule has 1 saturated heterocycles. The summed E-state index contributed by atoms with van der Waals surface area (Å²) in [5.41, 5.74) is 1.80. The lowest BCUT2D eigenvalue weighted by Crippen LogP contribution is -2.27. The van der Waals surface area contributed by atoms with Crippen molar-refractivity contribution >= 4 is 5.78 Å². The van der Waals surface area contributed by atoms with Gasteiger partial charge in [-0.3, -0.25) is 4.79 Å². The molecule has 1 aliphatic rings. The topological polar surface area (TPSA) is 35.5 Å². The maximum absolute atomic E-state index is 12.2. The maximum atomic E-state index is 12.2. The first-order chi connectivity index (χ1) is 10.8. The average molecular weight is 296 g/mol. The Morgan fingerprint density at radius 1 is 1.00 bits per heavy atom. The van der Waals surface area contributed by atoms with E-state index in [1.54, 1.807) is 0 Å². The third-order valence-corrected chi connectivity index (χ3v) is 3.89. The van der Waals surface area contributed by atoms with Crippen LogP contribution in [0.5, 0.6) is 0 Å². The van der Waals surface area contributed by atoms with Crippen LogP contribution in [-0.2, 0) is 9.47 Å². The van der Waals surface area contributed by atoms with Gasteiger partial charge in [-0.2, -0.15) is 0 Å². The molecule has 0 amide bonds. The fourth-order valence-electron chi connectivity index (χ4n) is 2.65. The van der Waals surface area contributed by atoms with Crippen molar-refractivity contribution in [2.75, 3.05) is 6.61 Å². The number of hydrogen-bond donors (Lipinski definition) is 0. The van der Waals surface area contributed by atoms with Crippen LogP contribution in [0.2, 0.25) is 0 Å². The number of carbonyl (C=O) groups is 1. The summed E-state index contributed by atoms with van der Waals surface area (Å²) in [7, 11) is 0. The van der Waals surface area contributed by atoms with E-state index in [9.17, 15) is 4.79 Å². The number of benzene rings is 2. The summed E-state index contributed by atoms with van der Waals surface area (Å²) in [6.07, 6.45) is 1.85. The van der Waals surface area contributed by atoms with E-state index in [-0.39, 0.29) is 18.2 Å². The van der Waals surface area contributed by atoms with Gasteiger partial charge in [-0.15, -0.1) is 0 Å². The summed E-state index contributed by atoms with van der Waals surface area (Å²) in [5, 5.41) is 0. The van der Waals surface area contributed by atoms with Gasteiger partial charge in [-0.25, -0.2) is 0 Å². The first kappa shape index (κ1) is 14.9. The molecule has 1 heterocycles. The van der Waals surface area contributed by atoms with E-state index in [1.165, 1.54) is 0 Å². The van der Waals surface area contributed by atoms with Crippen LogP contribution in [0.3, 0.4) is 0 Å². The monoisotopic (exact) mass is 296 g/mol. The van der Waals surface area contributed by atoms with Crippen molar-refractivity contribution in [2.45, 2.75) is 31.7 Å². The van der Waals surface area contributed by atoms with Gasteiger partial charge in [-0.1, -0.05) is 60.7 Å². The van der Waals surface area contributed by atoms with Crippen LogP contribution in [-0.4, -0.2) is 18.5 Å². The molecule has 2 atom stereocenters. The Labute approximate surface area is 130 Å². The van der Waals surface area contributed by atoms with Crippen molar-refractivity contribution in [3.8, 4) is 0 Å². The second kappa shape index (κ2) is 7.34. The van der Waals surface area contributed by atoms with E-state index in [4.69, 9.17) is 9.47 Å². The zero-order chi connectivity index (χ0) is 15.2. The standard InChI is InChI=1S/C19H20O3/c20-18(15-7-3-1-4-8-15)12-11-17-13-14-21-19(22-17)16-9-5-2-6-10-16/h1-10,17,19H,11-14H2. The van der Waals surface area contributed by atoms with Crippen LogP contribution in [0.25, 0.3) is 0 Å². The predicted octanol–water partition coefficient (Wildman–Crippen LogP) is 4.15. The second-order valence-corrected chi connectivity index (χ2v) is 5.49. The Bertz CT molecular complexity index is 595. The highest BCUT2D eigenvalue weighted by Crippen LogP contribution is 2.28. The number of carbonyl (C=O) groups excluding carboxylic acids is 1. The Hall–Kier alpha value is -1.97. The fourth-order valence-corrected chi connectivity index (χ4v) is 2.65. The van der Waals surface area contributed by atoms with Crippen molar-refractivity contribution in [3.63, 3.8) is 0 Å². The highest BCUT2D eigenvalue weighted by Gasteiger charge is 2.24. The quantitative estimate of drug-likeness (QED) is 0.777. The molecule has 3 rings (SSSR count). The summed E-state index contributed by atoms with van der Waals surface area (Å²) in [6, 6.07) is 19.4. The van der Waals surface area contributed by atoms with Gasteiger partial charge in [0.25, 0.3) is 0 Å². The number of rotatable bonds is 5. The maximum Gasteiger partial charge on any atom is 0.184 e. The minimum Gasteiger partial charge on any atom is -0.348 e. The molecule has 0 aromatic heterocycles. The van der Waals surface area contributed by atoms with Crippen LogP contribution < -0.4 is 0 Å². The molecule has 1 fully saturated rings. The molecule has 3 heteroatoms. The van der Waals surface area contributed by atoms with Gasteiger partial charge in [0, 0.05) is 17.5 Å². The Balaban J connectivity index is 1.54. The molecular formula is C19H20O3. The summed E-state index contributed by atoms with van der Waals surface area (Å²) in [6.45, 7) is 0.670. The number of Topliss-reactive ketones (excluding diaryl/α,β-unsaturated/α-hetero) is 1. The molecule has 0 spiro atoms. The average Bonchev–Trinajstić information content (AvgIpc) is 2.61. The van der Waals surface area contributed by atoms with Crippen LogP contribution >= 0.6 is 0 Å². The zero-order valence-corrected chi connectivity index (χ0v) is 12.5. The van der Waals surface area contributed by atoms with E-state index in [2.05, 4.69) is 0 Å². The Kier molecular flexibility index (Phi) is 4.99. The molecule has 1 aliphatic heterocycles. The van der Waals surface area contributed by atoms with Crippen LogP contribution in [0.1, 0.15) is 41.5 Å². The van der Waals surface area contributed by atoms with Crippen LogP contribution in [0, 0.1) is 0 Å². The van der Waals surface area contributed by atoms with Gasteiger partial charge in [0.1, 0.15) is 0 Å². The number of hydrogen-bond acceptors (Lipinski definition) is 3. The fraction of sp³-hybridized carbons (Fsp3) is 0.316. The van der Waals surface area contributed by atoms with E-state index < -0.39 is 0 Å². The second-order valence-electron chi connectivity index (χ2n) is 5.49. The molecule has 3 nitrogen and oxygen atoms in total. The Morgan fingerprint density at radius 3 is 2.41 bits per heavy atom. The largest absolute Gasteiger partial charge is 0.348 e. The molecule has 2 aromatic carbocycles. The van der Waals surface area contributed by atoms with E-state index in [0.29, 0.717) is 13.0 Å². The number of ketones is 1. The predicted molar refractivity (Wildman–Crippen MR) is 84.6 cm³/mol. The third-order valence-electron chi connectivity index (χ3n) is 3.89. The summed E-state index contributed by atoms with van der Waals surface area (Å²) < 4.78 is 11.7. The normalized spacial score (nSPS) is 21.5. The van der Waals surface area contributed by atoms with Crippen LogP contribution in [0.15, 0.2) is 60.7 Å².